The Balaban J connectivity index is 3.17. The lowest BCUT2D eigenvalue weighted by Crippen LogP contribution is -1.81. The van der Waals surface area contributed by atoms with Gasteiger partial charge in [0, 0.05) is 0 Å². The zero-order valence-electron chi connectivity index (χ0n) is 5.02. The van der Waals surface area contributed by atoms with Gasteiger partial charge in [-0.05, 0) is 31.0 Å². The van der Waals surface area contributed by atoms with Crippen molar-refractivity contribution >= 4 is 0 Å². The van der Waals surface area contributed by atoms with E-state index < -0.39 is 0 Å². The highest BCUT2D eigenvalue weighted by molar-refractivity contribution is 5.27. The lowest BCUT2D eigenvalue weighted by Gasteiger charge is -1.94. The van der Waals surface area contributed by atoms with Crippen LogP contribution in [0.5, 0.6) is 0 Å². The fourth-order valence-corrected chi connectivity index (χ4v) is 0.591. The van der Waals surface area contributed by atoms with Gasteiger partial charge in [-0.25, -0.2) is 4.39 Å². The van der Waals surface area contributed by atoms with Crippen LogP contribution in [0.4, 0.5) is 4.39 Å². The standard InChI is InChI=1S/C8H7F/c1-6-3-4-7(2)8(9)5-6/h3-5H,1-2H2. The SMILES string of the molecule is [CH2]c1ccc([CH2])c(F)c1. The summed E-state index contributed by atoms with van der Waals surface area (Å²) in [5.41, 5.74) is 1.10. The van der Waals surface area contributed by atoms with Crippen LogP contribution in [-0.4, -0.2) is 0 Å². The lowest BCUT2D eigenvalue weighted by molar-refractivity contribution is 0.622. The Morgan fingerprint density at radius 3 is 2.33 bits per heavy atom. The summed E-state index contributed by atoms with van der Waals surface area (Å²) in [4.78, 5) is 0. The van der Waals surface area contributed by atoms with Crippen LogP contribution in [0.15, 0.2) is 18.2 Å². The van der Waals surface area contributed by atoms with E-state index in [2.05, 4.69) is 13.8 Å². The van der Waals surface area contributed by atoms with Crippen molar-refractivity contribution in [1.29, 1.82) is 0 Å². The highest BCUT2D eigenvalue weighted by Gasteiger charge is 1.93. The van der Waals surface area contributed by atoms with Gasteiger partial charge in [-0.15, -0.1) is 0 Å². The van der Waals surface area contributed by atoms with Crippen molar-refractivity contribution in [2.24, 2.45) is 0 Å². The molecule has 1 aromatic rings. The van der Waals surface area contributed by atoms with Gasteiger partial charge in [0.15, 0.2) is 0 Å². The number of hydrogen-bond acceptors (Lipinski definition) is 0. The first kappa shape index (κ1) is 6.27. The maximum absolute atomic E-state index is 12.5. The summed E-state index contributed by atoms with van der Waals surface area (Å²) in [7, 11) is 0. The number of rotatable bonds is 0. The third kappa shape index (κ3) is 1.28. The van der Waals surface area contributed by atoms with E-state index >= 15 is 0 Å². The van der Waals surface area contributed by atoms with E-state index in [0.29, 0.717) is 11.1 Å². The molecule has 0 aliphatic rings. The number of hydrogen-bond donors (Lipinski definition) is 0. The second-order valence-electron chi connectivity index (χ2n) is 1.93. The van der Waals surface area contributed by atoms with Crippen molar-refractivity contribution in [2.45, 2.75) is 0 Å². The van der Waals surface area contributed by atoms with E-state index in [0.717, 1.165) is 0 Å². The van der Waals surface area contributed by atoms with Gasteiger partial charge in [0.05, 0.1) is 0 Å². The van der Waals surface area contributed by atoms with Crippen molar-refractivity contribution in [3.05, 3.63) is 49.0 Å². The highest BCUT2D eigenvalue weighted by atomic mass is 19.1. The summed E-state index contributed by atoms with van der Waals surface area (Å²) in [6, 6.07) is 4.70. The minimum absolute atomic E-state index is 0.289. The third-order valence-corrected chi connectivity index (χ3v) is 1.12. The zero-order chi connectivity index (χ0) is 6.85. The predicted molar refractivity (Wildman–Crippen MR) is 35.3 cm³/mol. The number of halogens is 1. The second-order valence-corrected chi connectivity index (χ2v) is 1.93. The highest BCUT2D eigenvalue weighted by Crippen LogP contribution is 2.06. The van der Waals surface area contributed by atoms with Crippen molar-refractivity contribution in [3.63, 3.8) is 0 Å². The molecule has 1 aromatic carbocycles. The van der Waals surface area contributed by atoms with Gasteiger partial charge in [0.25, 0.3) is 0 Å². The second kappa shape index (κ2) is 2.18. The lowest BCUT2D eigenvalue weighted by atomic mass is 10.2. The molecule has 9 heavy (non-hydrogen) atoms. The van der Waals surface area contributed by atoms with Gasteiger partial charge in [-0.3, -0.25) is 0 Å². The van der Waals surface area contributed by atoms with Crippen LogP contribution in [0.25, 0.3) is 0 Å². The summed E-state index contributed by atoms with van der Waals surface area (Å²) in [6.07, 6.45) is 0. The number of benzene rings is 1. The molecule has 0 bridgehead atoms. The molecule has 0 nitrogen and oxygen atoms in total. The van der Waals surface area contributed by atoms with Crippen LogP contribution in [0.3, 0.4) is 0 Å². The Kier molecular flexibility index (Phi) is 1.52. The molecule has 0 aliphatic heterocycles. The zero-order valence-corrected chi connectivity index (χ0v) is 5.02. The van der Waals surface area contributed by atoms with Crippen molar-refractivity contribution in [1.82, 2.24) is 0 Å². The Morgan fingerprint density at radius 1 is 1.22 bits per heavy atom. The third-order valence-electron chi connectivity index (χ3n) is 1.12. The van der Waals surface area contributed by atoms with E-state index in [1.54, 1.807) is 12.1 Å². The van der Waals surface area contributed by atoms with Crippen molar-refractivity contribution < 1.29 is 4.39 Å². The molecule has 0 aliphatic carbocycles. The van der Waals surface area contributed by atoms with E-state index in [9.17, 15) is 4.39 Å². The van der Waals surface area contributed by atoms with Gasteiger partial charge < -0.3 is 0 Å². The molecule has 0 amide bonds. The largest absolute Gasteiger partial charge is 0.207 e. The van der Waals surface area contributed by atoms with Crippen LogP contribution in [-0.2, 0) is 0 Å². The van der Waals surface area contributed by atoms with Crippen LogP contribution >= 0.6 is 0 Å². The molecule has 2 radical (unpaired) electrons. The first-order chi connectivity index (χ1) is 4.20. The molecule has 0 fully saturated rings. The molecular formula is C8H7F. The van der Waals surface area contributed by atoms with Crippen molar-refractivity contribution in [2.75, 3.05) is 0 Å². The van der Waals surface area contributed by atoms with Gasteiger partial charge in [-0.1, -0.05) is 12.1 Å². The summed E-state index contributed by atoms with van der Waals surface area (Å²) >= 11 is 0. The average Bonchev–Trinajstić information content (AvgIpc) is 1.80. The van der Waals surface area contributed by atoms with Gasteiger partial charge in [-0.2, -0.15) is 0 Å². The Labute approximate surface area is 54.3 Å². The molecular weight excluding hydrogens is 115 g/mol. The van der Waals surface area contributed by atoms with Gasteiger partial charge >= 0.3 is 0 Å². The molecule has 46 valence electrons. The summed E-state index contributed by atoms with van der Waals surface area (Å²) in [6.45, 7) is 7.01. The summed E-state index contributed by atoms with van der Waals surface area (Å²) < 4.78 is 12.5. The molecule has 0 saturated carbocycles. The molecule has 1 heteroatoms. The first-order valence-electron chi connectivity index (χ1n) is 2.63. The Morgan fingerprint density at radius 2 is 1.89 bits per heavy atom. The fraction of sp³-hybridized carbons (Fsp3) is 0. The maximum Gasteiger partial charge on any atom is 0.126 e. The van der Waals surface area contributed by atoms with Crippen molar-refractivity contribution in [3.8, 4) is 0 Å². The van der Waals surface area contributed by atoms with Gasteiger partial charge in [0.2, 0.25) is 0 Å². The van der Waals surface area contributed by atoms with E-state index in [1.807, 2.05) is 0 Å². The minimum Gasteiger partial charge on any atom is -0.207 e. The Bertz CT molecular complexity index is 216. The molecule has 0 heterocycles. The monoisotopic (exact) mass is 122 g/mol. The molecule has 0 saturated heterocycles. The van der Waals surface area contributed by atoms with E-state index in [-0.39, 0.29) is 5.82 Å². The molecule has 0 aromatic heterocycles. The molecule has 0 spiro atoms. The topological polar surface area (TPSA) is 0 Å². The fourth-order valence-electron chi connectivity index (χ4n) is 0.591. The molecule has 0 atom stereocenters. The minimum atomic E-state index is -0.289. The molecule has 0 unspecified atom stereocenters. The van der Waals surface area contributed by atoms with Gasteiger partial charge in [0.1, 0.15) is 5.82 Å². The maximum atomic E-state index is 12.5. The smallest absolute Gasteiger partial charge is 0.126 e. The summed E-state index contributed by atoms with van der Waals surface area (Å²) in [5.74, 6) is -0.289. The molecule has 0 N–H and O–H groups in total. The quantitative estimate of drug-likeness (QED) is 0.494. The van der Waals surface area contributed by atoms with Crippen LogP contribution in [0.1, 0.15) is 11.1 Å². The predicted octanol–water partition coefficient (Wildman–Crippen LogP) is 2.19. The van der Waals surface area contributed by atoms with Crippen LogP contribution in [0, 0.1) is 19.7 Å². The molecule has 1 rings (SSSR count). The normalized spacial score (nSPS) is 9.67. The van der Waals surface area contributed by atoms with E-state index in [1.165, 1.54) is 6.07 Å². The Hall–Kier alpha value is -0.850. The average molecular weight is 122 g/mol. The van der Waals surface area contributed by atoms with Crippen LogP contribution in [0.2, 0.25) is 0 Å². The first-order valence-corrected chi connectivity index (χ1v) is 2.63. The van der Waals surface area contributed by atoms with E-state index in [4.69, 9.17) is 0 Å². The van der Waals surface area contributed by atoms with Crippen LogP contribution < -0.4 is 0 Å². The summed E-state index contributed by atoms with van der Waals surface area (Å²) in [5, 5.41) is 0.